The van der Waals surface area contributed by atoms with Gasteiger partial charge in [0.2, 0.25) is 5.95 Å². The number of imidazole rings is 1. The van der Waals surface area contributed by atoms with Gasteiger partial charge in [0.15, 0.2) is 0 Å². The van der Waals surface area contributed by atoms with Crippen molar-refractivity contribution in [3.63, 3.8) is 0 Å². The first kappa shape index (κ1) is 13.6. The zero-order valence-corrected chi connectivity index (χ0v) is 11.8. The lowest BCUT2D eigenvalue weighted by molar-refractivity contribution is 0.210. The number of hydrogen-bond acceptors (Lipinski definition) is 3. The molecule has 4 heteroatoms. The van der Waals surface area contributed by atoms with Crippen molar-refractivity contribution in [2.24, 2.45) is 0 Å². The Morgan fingerprint density at radius 3 is 2.74 bits per heavy atom. The first-order valence-electron chi connectivity index (χ1n) is 6.54. The molecule has 1 aromatic heterocycles. The highest BCUT2D eigenvalue weighted by Gasteiger charge is 2.11. The SMILES string of the molecule is COCCNc1nccn1C(C)c1ccc(C)cc1. The van der Waals surface area contributed by atoms with Crippen LogP contribution in [0.25, 0.3) is 0 Å². The number of methoxy groups -OCH3 is 1. The lowest BCUT2D eigenvalue weighted by atomic mass is 10.1. The number of ether oxygens (including phenoxy) is 1. The fourth-order valence-corrected chi connectivity index (χ4v) is 2.03. The van der Waals surface area contributed by atoms with E-state index in [1.165, 1.54) is 11.1 Å². The normalized spacial score (nSPS) is 12.4. The van der Waals surface area contributed by atoms with Crippen LogP contribution in [0.4, 0.5) is 5.95 Å². The summed E-state index contributed by atoms with van der Waals surface area (Å²) in [4.78, 5) is 4.35. The number of benzene rings is 1. The molecule has 1 aromatic carbocycles. The molecular formula is C15H21N3O. The number of nitrogens with one attached hydrogen (secondary N) is 1. The molecule has 0 aliphatic rings. The van der Waals surface area contributed by atoms with Gasteiger partial charge in [0.05, 0.1) is 12.6 Å². The smallest absolute Gasteiger partial charge is 0.203 e. The summed E-state index contributed by atoms with van der Waals surface area (Å²) < 4.78 is 7.18. The number of rotatable bonds is 6. The maximum atomic E-state index is 5.04. The van der Waals surface area contributed by atoms with Gasteiger partial charge in [0.1, 0.15) is 0 Å². The van der Waals surface area contributed by atoms with Crippen LogP contribution in [0.5, 0.6) is 0 Å². The molecule has 0 bridgehead atoms. The largest absolute Gasteiger partial charge is 0.383 e. The second-order valence-electron chi connectivity index (χ2n) is 4.66. The topological polar surface area (TPSA) is 39.1 Å². The third-order valence-electron chi connectivity index (χ3n) is 3.23. The summed E-state index contributed by atoms with van der Waals surface area (Å²) in [7, 11) is 1.70. The van der Waals surface area contributed by atoms with E-state index in [4.69, 9.17) is 4.74 Å². The van der Waals surface area contributed by atoms with Gasteiger partial charge in [0.25, 0.3) is 0 Å². The molecule has 2 rings (SSSR count). The van der Waals surface area contributed by atoms with Crippen LogP contribution in [0, 0.1) is 6.92 Å². The minimum Gasteiger partial charge on any atom is -0.383 e. The number of aromatic nitrogens is 2. The average molecular weight is 259 g/mol. The summed E-state index contributed by atoms with van der Waals surface area (Å²) in [6.45, 7) is 5.71. The summed E-state index contributed by atoms with van der Waals surface area (Å²) in [5.41, 5.74) is 2.55. The van der Waals surface area contributed by atoms with Crippen LogP contribution in [0.2, 0.25) is 0 Å². The van der Waals surface area contributed by atoms with Crippen molar-refractivity contribution < 1.29 is 4.74 Å². The van der Waals surface area contributed by atoms with Crippen LogP contribution >= 0.6 is 0 Å². The van der Waals surface area contributed by atoms with Gasteiger partial charge in [-0.2, -0.15) is 0 Å². The first-order valence-corrected chi connectivity index (χ1v) is 6.54. The van der Waals surface area contributed by atoms with Crippen molar-refractivity contribution >= 4 is 5.95 Å². The Hall–Kier alpha value is -1.81. The fourth-order valence-electron chi connectivity index (χ4n) is 2.03. The zero-order chi connectivity index (χ0) is 13.7. The summed E-state index contributed by atoms with van der Waals surface area (Å²) in [5, 5.41) is 3.28. The lowest BCUT2D eigenvalue weighted by Gasteiger charge is -2.17. The molecule has 1 heterocycles. The molecule has 1 N–H and O–H groups in total. The Morgan fingerprint density at radius 1 is 1.32 bits per heavy atom. The average Bonchev–Trinajstić information content (AvgIpc) is 2.87. The molecule has 0 amide bonds. The van der Waals surface area contributed by atoms with E-state index in [-0.39, 0.29) is 6.04 Å². The highest BCUT2D eigenvalue weighted by atomic mass is 16.5. The third kappa shape index (κ3) is 3.35. The minimum absolute atomic E-state index is 0.258. The van der Waals surface area contributed by atoms with Crippen molar-refractivity contribution in [2.45, 2.75) is 19.9 Å². The molecule has 0 saturated carbocycles. The highest BCUT2D eigenvalue weighted by molar-refractivity contribution is 5.31. The number of nitrogens with zero attached hydrogens (tertiary/aromatic N) is 2. The Bertz CT molecular complexity index is 504. The summed E-state index contributed by atoms with van der Waals surface area (Å²) in [6.07, 6.45) is 3.82. The molecule has 0 fully saturated rings. The minimum atomic E-state index is 0.258. The number of anilines is 1. The molecule has 0 radical (unpaired) electrons. The van der Waals surface area contributed by atoms with Crippen molar-refractivity contribution in [2.75, 3.05) is 25.6 Å². The standard InChI is InChI=1S/C15H21N3O/c1-12-4-6-14(7-5-12)13(2)18-10-8-16-15(18)17-9-11-19-3/h4-8,10,13H,9,11H2,1-3H3,(H,16,17). The second-order valence-corrected chi connectivity index (χ2v) is 4.66. The molecule has 1 atom stereocenters. The predicted octanol–water partition coefficient (Wildman–Crippen LogP) is 2.86. The highest BCUT2D eigenvalue weighted by Crippen LogP contribution is 2.21. The Balaban J connectivity index is 2.12. The van der Waals surface area contributed by atoms with E-state index in [0.29, 0.717) is 6.61 Å². The van der Waals surface area contributed by atoms with Gasteiger partial charge in [-0.1, -0.05) is 29.8 Å². The molecule has 1 unspecified atom stereocenters. The molecular weight excluding hydrogens is 238 g/mol. The van der Waals surface area contributed by atoms with Gasteiger partial charge in [-0.05, 0) is 19.4 Å². The summed E-state index contributed by atoms with van der Waals surface area (Å²) in [5.74, 6) is 0.880. The number of aryl methyl sites for hydroxylation is 1. The van der Waals surface area contributed by atoms with E-state index >= 15 is 0 Å². The molecule has 0 saturated heterocycles. The van der Waals surface area contributed by atoms with Crippen LogP contribution in [0.1, 0.15) is 24.1 Å². The van der Waals surface area contributed by atoms with Crippen LogP contribution in [-0.4, -0.2) is 29.8 Å². The zero-order valence-electron chi connectivity index (χ0n) is 11.8. The third-order valence-corrected chi connectivity index (χ3v) is 3.23. The van der Waals surface area contributed by atoms with Crippen molar-refractivity contribution in [1.82, 2.24) is 9.55 Å². The predicted molar refractivity (Wildman–Crippen MR) is 77.6 cm³/mol. The number of hydrogen-bond donors (Lipinski definition) is 1. The Morgan fingerprint density at radius 2 is 2.05 bits per heavy atom. The second kappa shape index (κ2) is 6.38. The van der Waals surface area contributed by atoms with E-state index in [0.717, 1.165) is 12.5 Å². The van der Waals surface area contributed by atoms with E-state index in [2.05, 4.69) is 53.0 Å². The van der Waals surface area contributed by atoms with Gasteiger partial charge < -0.3 is 14.6 Å². The van der Waals surface area contributed by atoms with Gasteiger partial charge in [-0.25, -0.2) is 4.98 Å². The molecule has 2 aromatic rings. The van der Waals surface area contributed by atoms with Crippen LogP contribution < -0.4 is 5.32 Å². The van der Waals surface area contributed by atoms with Gasteiger partial charge in [-0.15, -0.1) is 0 Å². The fraction of sp³-hybridized carbons (Fsp3) is 0.400. The molecule has 0 aliphatic heterocycles. The summed E-state index contributed by atoms with van der Waals surface area (Å²) in [6, 6.07) is 8.87. The molecule has 4 nitrogen and oxygen atoms in total. The quantitative estimate of drug-likeness (QED) is 0.811. The molecule has 0 aliphatic carbocycles. The Labute approximate surface area is 114 Å². The monoisotopic (exact) mass is 259 g/mol. The maximum Gasteiger partial charge on any atom is 0.203 e. The van der Waals surface area contributed by atoms with E-state index in [9.17, 15) is 0 Å². The van der Waals surface area contributed by atoms with Gasteiger partial charge in [0, 0.05) is 26.0 Å². The van der Waals surface area contributed by atoms with Crippen LogP contribution in [0.3, 0.4) is 0 Å². The Kier molecular flexibility index (Phi) is 4.58. The van der Waals surface area contributed by atoms with E-state index in [1.54, 1.807) is 7.11 Å². The van der Waals surface area contributed by atoms with Gasteiger partial charge in [-0.3, -0.25) is 0 Å². The summed E-state index contributed by atoms with van der Waals surface area (Å²) >= 11 is 0. The molecule has 19 heavy (non-hydrogen) atoms. The van der Waals surface area contributed by atoms with E-state index < -0.39 is 0 Å². The molecule has 0 spiro atoms. The van der Waals surface area contributed by atoms with Crippen molar-refractivity contribution in [1.29, 1.82) is 0 Å². The molecule has 102 valence electrons. The van der Waals surface area contributed by atoms with Crippen LogP contribution in [-0.2, 0) is 4.74 Å². The van der Waals surface area contributed by atoms with Crippen LogP contribution in [0.15, 0.2) is 36.7 Å². The van der Waals surface area contributed by atoms with E-state index in [1.807, 2.05) is 12.4 Å². The van der Waals surface area contributed by atoms with Gasteiger partial charge >= 0.3 is 0 Å². The lowest BCUT2D eigenvalue weighted by Crippen LogP contribution is -2.15. The maximum absolute atomic E-state index is 5.04. The van der Waals surface area contributed by atoms with Crippen molar-refractivity contribution in [3.8, 4) is 0 Å². The van der Waals surface area contributed by atoms with Crippen molar-refractivity contribution in [3.05, 3.63) is 47.8 Å². The first-order chi connectivity index (χ1) is 9.22.